The number of amides is 1. The first-order chi connectivity index (χ1) is 9.67. The van der Waals surface area contributed by atoms with Gasteiger partial charge in [-0.3, -0.25) is 4.79 Å². The molecule has 0 aliphatic carbocycles. The first-order valence-electron chi connectivity index (χ1n) is 7.28. The van der Waals surface area contributed by atoms with Gasteiger partial charge in [0.15, 0.2) is 0 Å². The Labute approximate surface area is 126 Å². The second-order valence-corrected chi connectivity index (χ2v) is 6.59. The molecule has 1 aromatic rings. The summed E-state index contributed by atoms with van der Waals surface area (Å²) in [5.41, 5.74) is 0.130. The number of ether oxygens (including phenoxy) is 1. The molecule has 1 heterocycles. The Kier molecular flexibility index (Phi) is 6.15. The predicted molar refractivity (Wildman–Crippen MR) is 82.4 cm³/mol. The number of pyridine rings is 1. The van der Waals surface area contributed by atoms with Gasteiger partial charge in [0.2, 0.25) is 5.88 Å². The number of hydrogen-bond acceptors (Lipinski definition) is 4. The number of aliphatic hydroxyl groups is 1. The number of carbonyl (C=O) groups is 1. The van der Waals surface area contributed by atoms with Crippen molar-refractivity contribution in [2.24, 2.45) is 5.92 Å². The largest absolute Gasteiger partial charge is 0.472 e. The van der Waals surface area contributed by atoms with E-state index in [0.717, 1.165) is 0 Å². The fourth-order valence-electron chi connectivity index (χ4n) is 1.83. The quantitative estimate of drug-likeness (QED) is 0.845. The Morgan fingerprint density at radius 3 is 2.52 bits per heavy atom. The smallest absolute Gasteiger partial charge is 0.252 e. The molecule has 2 N–H and O–H groups in total. The molecule has 0 fully saturated rings. The molecule has 0 radical (unpaired) electrons. The van der Waals surface area contributed by atoms with Gasteiger partial charge in [-0.05, 0) is 39.2 Å². The Morgan fingerprint density at radius 1 is 1.38 bits per heavy atom. The summed E-state index contributed by atoms with van der Waals surface area (Å²) in [6, 6.07) is 3.34. The Balaban J connectivity index is 2.52. The zero-order valence-electron chi connectivity index (χ0n) is 13.5. The van der Waals surface area contributed by atoms with Crippen LogP contribution in [0.3, 0.4) is 0 Å². The van der Waals surface area contributed by atoms with Crippen molar-refractivity contribution >= 4 is 5.91 Å². The van der Waals surface area contributed by atoms with Gasteiger partial charge in [0.05, 0.1) is 11.7 Å². The summed E-state index contributed by atoms with van der Waals surface area (Å²) in [4.78, 5) is 16.0. The fraction of sp³-hybridized carbons (Fsp3) is 0.625. The highest BCUT2D eigenvalue weighted by Crippen LogP contribution is 2.15. The van der Waals surface area contributed by atoms with Crippen LogP contribution in [0.15, 0.2) is 18.3 Å². The van der Waals surface area contributed by atoms with Gasteiger partial charge in [-0.2, -0.15) is 0 Å². The van der Waals surface area contributed by atoms with Gasteiger partial charge in [0, 0.05) is 18.8 Å². The van der Waals surface area contributed by atoms with Crippen molar-refractivity contribution in [3.8, 4) is 5.88 Å². The van der Waals surface area contributed by atoms with E-state index in [2.05, 4.69) is 10.3 Å². The summed E-state index contributed by atoms with van der Waals surface area (Å²) >= 11 is 0. The molecule has 1 rings (SSSR count). The van der Waals surface area contributed by atoms with Crippen LogP contribution in [0.5, 0.6) is 5.88 Å². The van der Waals surface area contributed by atoms with Crippen LogP contribution >= 0.6 is 0 Å². The van der Waals surface area contributed by atoms with Gasteiger partial charge in [0.25, 0.3) is 5.91 Å². The summed E-state index contributed by atoms with van der Waals surface area (Å²) in [6.45, 7) is 10.1. The van der Waals surface area contributed by atoms with E-state index in [1.165, 1.54) is 6.20 Å². The third kappa shape index (κ3) is 7.09. The van der Waals surface area contributed by atoms with Crippen molar-refractivity contribution in [1.82, 2.24) is 10.3 Å². The highest BCUT2D eigenvalue weighted by Gasteiger charge is 2.14. The Morgan fingerprint density at radius 2 is 2.05 bits per heavy atom. The van der Waals surface area contributed by atoms with E-state index in [1.54, 1.807) is 12.1 Å². The summed E-state index contributed by atoms with van der Waals surface area (Å²) in [6.07, 6.45) is 1.62. The average Bonchev–Trinajstić information content (AvgIpc) is 2.34. The van der Waals surface area contributed by atoms with Crippen LogP contribution in [-0.4, -0.2) is 34.2 Å². The van der Waals surface area contributed by atoms with E-state index >= 15 is 0 Å². The van der Waals surface area contributed by atoms with Crippen LogP contribution < -0.4 is 10.1 Å². The Hall–Kier alpha value is -1.62. The normalized spacial score (nSPS) is 13.1. The van der Waals surface area contributed by atoms with Gasteiger partial charge in [-0.25, -0.2) is 4.98 Å². The first kappa shape index (κ1) is 17.4. The van der Waals surface area contributed by atoms with E-state index < -0.39 is 6.10 Å². The predicted octanol–water partition coefficient (Wildman–Crippen LogP) is 2.40. The molecular formula is C16H26N2O3. The minimum Gasteiger partial charge on any atom is -0.472 e. The number of rotatable bonds is 6. The van der Waals surface area contributed by atoms with Crippen LogP contribution in [0.4, 0.5) is 0 Å². The van der Waals surface area contributed by atoms with E-state index in [-0.39, 0.29) is 18.1 Å². The monoisotopic (exact) mass is 294 g/mol. The lowest BCUT2D eigenvalue weighted by Gasteiger charge is -2.20. The molecule has 1 atom stereocenters. The first-order valence-corrected chi connectivity index (χ1v) is 7.28. The molecule has 0 saturated carbocycles. The summed E-state index contributed by atoms with van der Waals surface area (Å²) in [7, 11) is 0. The summed E-state index contributed by atoms with van der Waals surface area (Å²) < 4.78 is 5.60. The molecule has 0 saturated heterocycles. The third-order valence-electron chi connectivity index (χ3n) is 2.65. The molecule has 0 bridgehead atoms. The van der Waals surface area contributed by atoms with Crippen LogP contribution in [0.25, 0.3) is 0 Å². The lowest BCUT2D eigenvalue weighted by atomic mass is 10.1. The maximum absolute atomic E-state index is 11.9. The van der Waals surface area contributed by atoms with Gasteiger partial charge in [-0.15, -0.1) is 0 Å². The molecule has 21 heavy (non-hydrogen) atoms. The minimum absolute atomic E-state index is 0.243. The molecule has 5 nitrogen and oxygen atoms in total. The van der Waals surface area contributed by atoms with Crippen molar-refractivity contribution in [1.29, 1.82) is 0 Å². The molecule has 1 aromatic heterocycles. The minimum atomic E-state index is -0.523. The van der Waals surface area contributed by atoms with Crippen molar-refractivity contribution in [3.05, 3.63) is 23.9 Å². The molecule has 1 unspecified atom stereocenters. The van der Waals surface area contributed by atoms with Gasteiger partial charge in [0.1, 0.15) is 5.60 Å². The summed E-state index contributed by atoms with van der Waals surface area (Å²) in [5.74, 6) is 0.638. The van der Waals surface area contributed by atoms with Gasteiger partial charge in [-0.1, -0.05) is 13.8 Å². The maximum atomic E-state index is 11.9. The van der Waals surface area contributed by atoms with E-state index in [1.807, 2.05) is 34.6 Å². The SMILES string of the molecule is CC(C)CC(O)CNC(=O)c1ccc(OC(C)(C)C)nc1. The van der Waals surface area contributed by atoms with E-state index in [0.29, 0.717) is 23.8 Å². The topological polar surface area (TPSA) is 71.5 Å². The Bertz CT molecular complexity index is 450. The van der Waals surface area contributed by atoms with Crippen molar-refractivity contribution in [2.45, 2.75) is 52.7 Å². The van der Waals surface area contributed by atoms with Crippen molar-refractivity contribution in [3.63, 3.8) is 0 Å². The second-order valence-electron chi connectivity index (χ2n) is 6.59. The number of hydrogen-bond donors (Lipinski definition) is 2. The maximum Gasteiger partial charge on any atom is 0.252 e. The van der Waals surface area contributed by atoms with E-state index in [4.69, 9.17) is 4.74 Å². The zero-order valence-corrected chi connectivity index (χ0v) is 13.5. The molecule has 0 aromatic carbocycles. The van der Waals surface area contributed by atoms with Gasteiger partial charge < -0.3 is 15.2 Å². The average molecular weight is 294 g/mol. The molecule has 1 amide bonds. The third-order valence-corrected chi connectivity index (χ3v) is 2.65. The highest BCUT2D eigenvalue weighted by atomic mass is 16.5. The number of nitrogens with one attached hydrogen (secondary N) is 1. The van der Waals surface area contributed by atoms with Gasteiger partial charge >= 0.3 is 0 Å². The number of aliphatic hydroxyl groups excluding tert-OH is 1. The molecule has 0 aliphatic heterocycles. The van der Waals surface area contributed by atoms with Crippen molar-refractivity contribution in [2.75, 3.05) is 6.54 Å². The number of nitrogens with zero attached hydrogens (tertiary/aromatic N) is 1. The lowest BCUT2D eigenvalue weighted by molar-refractivity contribution is 0.0899. The van der Waals surface area contributed by atoms with Crippen molar-refractivity contribution < 1.29 is 14.6 Å². The molecular weight excluding hydrogens is 268 g/mol. The lowest BCUT2D eigenvalue weighted by Crippen LogP contribution is -2.32. The summed E-state index contributed by atoms with van der Waals surface area (Å²) in [5, 5.41) is 12.4. The molecule has 118 valence electrons. The highest BCUT2D eigenvalue weighted by molar-refractivity contribution is 5.93. The van der Waals surface area contributed by atoms with Crippen LogP contribution in [0.2, 0.25) is 0 Å². The number of carbonyl (C=O) groups excluding carboxylic acids is 1. The zero-order chi connectivity index (χ0) is 16.0. The molecule has 0 spiro atoms. The van der Waals surface area contributed by atoms with Crippen LogP contribution in [-0.2, 0) is 0 Å². The molecule has 0 aliphatic rings. The van der Waals surface area contributed by atoms with Crippen LogP contribution in [0, 0.1) is 5.92 Å². The number of aromatic nitrogens is 1. The molecule has 5 heteroatoms. The van der Waals surface area contributed by atoms with E-state index in [9.17, 15) is 9.90 Å². The second kappa shape index (κ2) is 7.41. The standard InChI is InChI=1S/C16H26N2O3/c1-11(2)8-13(19)10-18-15(20)12-6-7-14(17-9-12)21-16(3,4)5/h6-7,9,11,13,19H,8,10H2,1-5H3,(H,18,20). The fourth-order valence-corrected chi connectivity index (χ4v) is 1.83. The van der Waals surface area contributed by atoms with Crippen LogP contribution in [0.1, 0.15) is 51.4 Å².